The van der Waals surface area contributed by atoms with E-state index in [-0.39, 0.29) is 22.9 Å². The Kier molecular flexibility index (Phi) is 10.4. The number of nitrogen functional groups attached to an aromatic ring is 1. The molecule has 0 amide bonds. The van der Waals surface area contributed by atoms with Gasteiger partial charge in [-0.05, 0) is 89.5 Å². The Labute approximate surface area is 317 Å². The summed E-state index contributed by atoms with van der Waals surface area (Å²) in [5.74, 6) is -1.55. The molecule has 9 N–H and O–H groups in total. The summed E-state index contributed by atoms with van der Waals surface area (Å²) in [6, 6.07) is 18.4. The molecule has 0 aromatic heterocycles. The number of rotatable bonds is 10. The third-order valence-corrected chi connectivity index (χ3v) is 10.5. The van der Waals surface area contributed by atoms with Crippen LogP contribution in [0.1, 0.15) is 15.9 Å². The number of ketones is 2. The topological polar surface area (TPSA) is 323 Å². The van der Waals surface area contributed by atoms with Crippen LogP contribution in [0.4, 0.5) is 28.4 Å². The van der Waals surface area contributed by atoms with Crippen molar-refractivity contribution in [1.29, 1.82) is 0 Å². The molecule has 19 nitrogen and oxygen atoms in total. The Morgan fingerprint density at radius 3 is 1.75 bits per heavy atom. The SMILES string of the molecule is NC1=CC(=O)C(=NNc2ccc(-c3ccc(N=Nc4c(S(=O)(=O)O)cc5c(c4N)C(=O)C(=NNc4ccc(S(=O)(=O)O)cc4)C(S(=O)(=O)O)=C5)cc3)cc2)C=C1. The molecular formula is C34H26N8O11S3. The first-order valence-corrected chi connectivity index (χ1v) is 19.9. The molecule has 6 rings (SSSR count). The zero-order valence-electron chi connectivity index (χ0n) is 28.1. The first-order chi connectivity index (χ1) is 26.3. The van der Waals surface area contributed by atoms with Crippen molar-refractivity contribution in [3.8, 4) is 11.1 Å². The number of benzene rings is 4. The molecule has 0 saturated carbocycles. The molecule has 0 saturated heterocycles. The van der Waals surface area contributed by atoms with Crippen molar-refractivity contribution in [3.63, 3.8) is 0 Å². The maximum absolute atomic E-state index is 13.7. The molecule has 2 aliphatic carbocycles. The van der Waals surface area contributed by atoms with Crippen LogP contribution in [0.5, 0.6) is 0 Å². The summed E-state index contributed by atoms with van der Waals surface area (Å²) >= 11 is 0. The molecule has 0 aliphatic heterocycles. The average molecular weight is 819 g/mol. The molecule has 0 atom stereocenters. The number of Topliss-reactive ketones (excluding diaryl/α,β-unsaturated/α-hetero) is 1. The molecule has 4 aromatic carbocycles. The Hall–Kier alpha value is -6.69. The normalized spacial score (nSPS) is 16.2. The fourth-order valence-electron chi connectivity index (χ4n) is 5.23. The summed E-state index contributed by atoms with van der Waals surface area (Å²) < 4.78 is 101. The zero-order chi connectivity index (χ0) is 40.6. The van der Waals surface area contributed by atoms with Gasteiger partial charge < -0.3 is 11.5 Å². The number of anilines is 3. The van der Waals surface area contributed by atoms with Gasteiger partial charge in [0.05, 0.1) is 33.2 Å². The van der Waals surface area contributed by atoms with Crippen molar-refractivity contribution in [3.05, 3.63) is 119 Å². The third kappa shape index (κ3) is 8.49. The van der Waals surface area contributed by atoms with E-state index >= 15 is 0 Å². The van der Waals surface area contributed by atoms with Crippen LogP contribution in [-0.2, 0) is 35.1 Å². The minimum Gasteiger partial charge on any atom is -0.399 e. The van der Waals surface area contributed by atoms with Gasteiger partial charge in [0.2, 0.25) is 11.6 Å². The Morgan fingerprint density at radius 1 is 0.625 bits per heavy atom. The second-order valence-electron chi connectivity index (χ2n) is 11.7. The van der Waals surface area contributed by atoms with Crippen molar-refractivity contribution in [2.45, 2.75) is 9.79 Å². The minimum absolute atomic E-state index is 0.0173. The summed E-state index contributed by atoms with van der Waals surface area (Å²) in [4.78, 5) is 23.3. The predicted octanol–water partition coefficient (Wildman–Crippen LogP) is 4.49. The largest absolute Gasteiger partial charge is 0.399 e. The van der Waals surface area contributed by atoms with Crippen LogP contribution < -0.4 is 22.3 Å². The molecule has 2 aliphatic rings. The van der Waals surface area contributed by atoms with E-state index in [1.54, 1.807) is 42.5 Å². The summed E-state index contributed by atoms with van der Waals surface area (Å²) in [7, 11) is -14.9. The summed E-state index contributed by atoms with van der Waals surface area (Å²) in [5.41, 5.74) is 16.7. The molecule has 0 fully saturated rings. The second-order valence-corrected chi connectivity index (χ2v) is 15.9. The van der Waals surface area contributed by atoms with Gasteiger partial charge in [0.15, 0.2) is 5.71 Å². The van der Waals surface area contributed by atoms with Gasteiger partial charge in [-0.3, -0.25) is 34.1 Å². The first-order valence-electron chi connectivity index (χ1n) is 15.5. The van der Waals surface area contributed by atoms with Gasteiger partial charge in [-0.1, -0.05) is 24.3 Å². The fourth-order valence-corrected chi connectivity index (χ4v) is 7.04. The van der Waals surface area contributed by atoms with Gasteiger partial charge in [0, 0.05) is 11.8 Å². The average Bonchev–Trinajstić information content (AvgIpc) is 3.13. The van der Waals surface area contributed by atoms with E-state index in [0.717, 1.165) is 41.5 Å². The number of nitrogens with one attached hydrogen (secondary N) is 2. The second kappa shape index (κ2) is 14.9. The molecule has 0 spiro atoms. The van der Waals surface area contributed by atoms with E-state index in [1.807, 2.05) is 0 Å². The van der Waals surface area contributed by atoms with Crippen molar-refractivity contribution in [2.24, 2.45) is 26.2 Å². The summed E-state index contributed by atoms with van der Waals surface area (Å²) in [6.45, 7) is 0. The van der Waals surface area contributed by atoms with E-state index in [9.17, 15) is 48.5 Å². The summed E-state index contributed by atoms with van der Waals surface area (Å²) in [6.07, 6.45) is 5.02. The molecule has 286 valence electrons. The fraction of sp³-hybridized carbons (Fsp3) is 0. The van der Waals surface area contributed by atoms with Gasteiger partial charge in [-0.15, -0.1) is 5.11 Å². The molecule has 0 heterocycles. The first kappa shape index (κ1) is 39.0. The predicted molar refractivity (Wildman–Crippen MR) is 205 cm³/mol. The van der Waals surface area contributed by atoms with E-state index in [0.29, 0.717) is 17.5 Å². The van der Waals surface area contributed by atoms with E-state index in [2.05, 4.69) is 31.3 Å². The van der Waals surface area contributed by atoms with Crippen LogP contribution in [0.25, 0.3) is 17.2 Å². The Bertz CT molecular complexity index is 2850. The molecule has 0 bridgehead atoms. The minimum atomic E-state index is -5.20. The maximum atomic E-state index is 13.7. The smallest absolute Gasteiger partial charge is 0.296 e. The number of fused-ring (bicyclic) bond motifs is 1. The number of carbonyl (C=O) groups is 2. The lowest BCUT2D eigenvalue weighted by Crippen LogP contribution is -2.28. The van der Waals surface area contributed by atoms with Crippen LogP contribution in [-0.4, -0.2) is 61.9 Å². The molecule has 0 unspecified atom stereocenters. The van der Waals surface area contributed by atoms with E-state index in [1.165, 1.54) is 24.3 Å². The van der Waals surface area contributed by atoms with Crippen LogP contribution >= 0.6 is 0 Å². The van der Waals surface area contributed by atoms with Gasteiger partial charge >= 0.3 is 0 Å². The number of allylic oxidation sites excluding steroid dienone is 4. The van der Waals surface area contributed by atoms with Crippen LogP contribution in [0.15, 0.2) is 138 Å². The molecule has 22 heteroatoms. The van der Waals surface area contributed by atoms with Crippen LogP contribution in [0, 0.1) is 0 Å². The number of hydrogen-bond acceptors (Lipinski definition) is 16. The molecular weight excluding hydrogens is 793 g/mol. The van der Waals surface area contributed by atoms with Crippen molar-refractivity contribution >= 4 is 87.9 Å². The quantitative estimate of drug-likeness (QED) is 0.0381. The molecule has 56 heavy (non-hydrogen) atoms. The van der Waals surface area contributed by atoms with Gasteiger partial charge in [-0.2, -0.15) is 40.6 Å². The van der Waals surface area contributed by atoms with Gasteiger partial charge in [0.1, 0.15) is 21.2 Å². The van der Waals surface area contributed by atoms with Crippen molar-refractivity contribution in [1.82, 2.24) is 0 Å². The highest BCUT2D eigenvalue weighted by Crippen LogP contribution is 2.41. The molecule has 0 radical (unpaired) electrons. The van der Waals surface area contributed by atoms with E-state index < -0.39 is 79.0 Å². The van der Waals surface area contributed by atoms with Crippen molar-refractivity contribution < 1.29 is 48.5 Å². The van der Waals surface area contributed by atoms with Gasteiger partial charge in [-0.25, -0.2) is 0 Å². The number of carbonyl (C=O) groups excluding carboxylic acids is 2. The van der Waals surface area contributed by atoms with Crippen LogP contribution in [0.2, 0.25) is 0 Å². The lowest BCUT2D eigenvalue weighted by Gasteiger charge is -2.20. The van der Waals surface area contributed by atoms with Crippen molar-refractivity contribution in [2.75, 3.05) is 16.6 Å². The highest BCUT2D eigenvalue weighted by molar-refractivity contribution is 7.91. The van der Waals surface area contributed by atoms with Crippen LogP contribution in [0.3, 0.4) is 0 Å². The number of hydrazone groups is 2. The maximum Gasteiger partial charge on any atom is 0.296 e. The lowest BCUT2D eigenvalue weighted by atomic mass is 9.92. The number of nitrogens with zero attached hydrogens (tertiary/aromatic N) is 4. The molecule has 4 aromatic rings. The Balaban J connectivity index is 1.28. The summed E-state index contributed by atoms with van der Waals surface area (Å²) in [5, 5.41) is 15.8. The number of hydrogen-bond donors (Lipinski definition) is 7. The third-order valence-electron chi connectivity index (χ3n) is 7.94. The lowest BCUT2D eigenvalue weighted by molar-refractivity contribution is -0.108. The number of azo groups is 1. The van der Waals surface area contributed by atoms with E-state index in [4.69, 9.17) is 11.5 Å². The highest BCUT2D eigenvalue weighted by Gasteiger charge is 2.37. The zero-order valence-corrected chi connectivity index (χ0v) is 30.5. The Morgan fingerprint density at radius 2 is 1.20 bits per heavy atom. The number of nitrogens with two attached hydrogens (primary N) is 2. The monoisotopic (exact) mass is 818 g/mol. The van der Waals surface area contributed by atoms with Gasteiger partial charge in [0.25, 0.3) is 30.4 Å². The standard InChI is InChI=1S/C34H26N8O11S3/c35-21-5-14-26(27(43)17-21)40-37-22-6-1-18(2-7-22)19-3-8-23(9-4-19)38-41-32-28(55(48,49)50)15-20-16-29(56(51,52)53)33(34(44)30(20)31(32)36)42-39-24-10-12-25(13-11-24)54(45,46)47/h1-17,37,39H,35-36H2,(H,45,46,47)(H,48,49,50)(H,51,52,53). The highest BCUT2D eigenvalue weighted by atomic mass is 32.2.